The van der Waals surface area contributed by atoms with E-state index in [1.165, 1.54) is 6.26 Å². The van der Waals surface area contributed by atoms with Crippen molar-refractivity contribution in [3.63, 3.8) is 0 Å². The molecule has 0 saturated carbocycles. The average Bonchev–Trinajstić information content (AvgIpc) is 2.90. The molecule has 2 aliphatic heterocycles. The summed E-state index contributed by atoms with van der Waals surface area (Å²) in [6.45, 7) is 7.72. The first kappa shape index (κ1) is 30.5. The molecule has 4 atom stereocenters. The van der Waals surface area contributed by atoms with E-state index in [2.05, 4.69) is 39.0 Å². The van der Waals surface area contributed by atoms with Crippen LogP contribution in [0.15, 0.2) is 30.7 Å². The topological polar surface area (TPSA) is 113 Å². The van der Waals surface area contributed by atoms with Gasteiger partial charge in [0.2, 0.25) is 5.95 Å². The number of sulfone groups is 1. The van der Waals surface area contributed by atoms with Crippen molar-refractivity contribution < 1.29 is 17.5 Å². The number of ether oxygens (including phenoxy) is 1. The number of alkyl halides is 1. The number of hydrogen-bond donors (Lipinski definition) is 1. The van der Waals surface area contributed by atoms with Crippen LogP contribution < -0.4 is 15.1 Å². The van der Waals surface area contributed by atoms with Crippen molar-refractivity contribution >= 4 is 67.6 Å². The zero-order chi connectivity index (χ0) is 30.4. The Bertz CT molecular complexity index is 1560. The van der Waals surface area contributed by atoms with E-state index in [1.54, 1.807) is 12.3 Å². The van der Waals surface area contributed by atoms with Crippen molar-refractivity contribution in [2.24, 2.45) is 5.92 Å². The second-order valence-electron chi connectivity index (χ2n) is 12.9. The fraction of sp³-hybridized carbons (Fsp3) is 0.556. The molecule has 0 unspecified atom stereocenters. The minimum absolute atomic E-state index is 0.0616. The van der Waals surface area contributed by atoms with Crippen LogP contribution in [0.3, 0.4) is 0 Å². The Hall–Kier alpha value is -2.93. The van der Waals surface area contributed by atoms with Crippen molar-refractivity contribution in [2.75, 3.05) is 46.8 Å². The number of piperidine rings is 1. The maximum atomic E-state index is 15.0. The van der Waals surface area contributed by atoms with Gasteiger partial charge in [0.25, 0.3) is 0 Å². The third kappa shape index (κ3) is 6.83. The monoisotopic (exact) mass is 593 g/mol. The molecule has 15 heteroatoms. The highest BCUT2D eigenvalue weighted by molar-refractivity contribution is 7.90. The first-order valence-corrected chi connectivity index (χ1v) is 16.6. The summed E-state index contributed by atoms with van der Waals surface area (Å²) in [4.78, 5) is 22.5. The fourth-order valence-electron chi connectivity index (χ4n) is 5.80. The molecular weight excluding hydrogens is 554 g/mol. The highest BCUT2D eigenvalue weighted by Crippen LogP contribution is 2.38. The molecule has 42 heavy (non-hydrogen) atoms. The summed E-state index contributed by atoms with van der Waals surface area (Å²) >= 11 is 0. The van der Waals surface area contributed by atoms with Gasteiger partial charge in [-0.3, -0.25) is 0 Å². The molecule has 0 bridgehead atoms. The van der Waals surface area contributed by atoms with Crippen LogP contribution in [-0.4, -0.2) is 107 Å². The molecule has 1 N–H and O–H groups in total. The number of halogens is 1. The van der Waals surface area contributed by atoms with Gasteiger partial charge in [-0.15, -0.1) is 0 Å². The summed E-state index contributed by atoms with van der Waals surface area (Å²) in [5.74, 6) is 2.95. The number of pyridine rings is 2. The Morgan fingerprint density at radius 3 is 2.55 bits per heavy atom. The minimum Gasteiger partial charge on any atom is -0.394 e. The Labute approximate surface area is 250 Å². The molecule has 5 rings (SSSR count). The third-order valence-electron chi connectivity index (χ3n) is 7.97. The molecule has 2 fully saturated rings. The minimum atomic E-state index is -3.05. The van der Waals surface area contributed by atoms with Crippen LogP contribution in [0.1, 0.15) is 38.7 Å². The van der Waals surface area contributed by atoms with Crippen molar-refractivity contribution in [3.8, 4) is 0 Å². The second kappa shape index (κ2) is 11.6. The zero-order valence-electron chi connectivity index (χ0n) is 25.5. The van der Waals surface area contributed by atoms with Crippen molar-refractivity contribution in [3.05, 3.63) is 36.3 Å². The van der Waals surface area contributed by atoms with Crippen LogP contribution in [0.2, 0.25) is 0 Å². The maximum absolute atomic E-state index is 15.0. The second-order valence-corrected chi connectivity index (χ2v) is 15.1. The van der Waals surface area contributed by atoms with E-state index >= 15 is 0 Å². The Kier molecular flexibility index (Phi) is 8.46. The zero-order valence-corrected chi connectivity index (χ0v) is 26.3. The smallest absolute Gasteiger partial charge is 0.227 e. The molecule has 0 radical (unpaired) electrons. The Morgan fingerprint density at radius 1 is 1.14 bits per heavy atom. The molecule has 0 amide bonds. The van der Waals surface area contributed by atoms with Gasteiger partial charge in [-0.05, 0) is 47.6 Å². The van der Waals surface area contributed by atoms with Gasteiger partial charge in [-0.1, -0.05) is 13.8 Å². The van der Waals surface area contributed by atoms with Crippen LogP contribution in [0.5, 0.6) is 0 Å². The summed E-state index contributed by atoms with van der Waals surface area (Å²) in [5, 5.41) is 4.86. The van der Waals surface area contributed by atoms with Crippen molar-refractivity contribution in [1.29, 1.82) is 0 Å². The number of anilines is 4. The first-order valence-electron chi connectivity index (χ1n) is 14.6. The van der Waals surface area contributed by atoms with Gasteiger partial charge in [0.15, 0.2) is 0 Å². The summed E-state index contributed by atoms with van der Waals surface area (Å²) < 4.78 is 44.6. The first-order chi connectivity index (χ1) is 19.7. The van der Waals surface area contributed by atoms with Gasteiger partial charge in [-0.25, -0.2) is 27.8 Å². The molecule has 10 nitrogen and oxygen atoms in total. The number of hydrogen-bond acceptors (Lipinski definition) is 10. The number of aromatic nitrogens is 4. The van der Waals surface area contributed by atoms with E-state index in [0.29, 0.717) is 37.1 Å². The lowest BCUT2D eigenvalue weighted by Crippen LogP contribution is -2.57. The van der Waals surface area contributed by atoms with Crippen LogP contribution >= 0.6 is 0 Å². The maximum Gasteiger partial charge on any atom is 0.227 e. The van der Waals surface area contributed by atoms with Gasteiger partial charge < -0.3 is 19.9 Å². The van der Waals surface area contributed by atoms with Crippen LogP contribution in [0.4, 0.5) is 27.8 Å². The van der Waals surface area contributed by atoms with E-state index in [1.807, 2.05) is 53.8 Å². The van der Waals surface area contributed by atoms with Crippen LogP contribution in [0, 0.1) is 5.92 Å². The van der Waals surface area contributed by atoms with E-state index in [0.717, 1.165) is 22.2 Å². The molecule has 0 aliphatic carbocycles. The van der Waals surface area contributed by atoms with Crippen molar-refractivity contribution in [1.82, 2.24) is 19.9 Å². The predicted molar refractivity (Wildman–Crippen MR) is 174 cm³/mol. The quantitative estimate of drug-likeness (QED) is 0.354. The van der Waals surface area contributed by atoms with Gasteiger partial charge in [0, 0.05) is 55.3 Å². The number of nitrogens with one attached hydrogen (secondary N) is 1. The third-order valence-corrected chi connectivity index (χ3v) is 9.00. The lowest BCUT2D eigenvalue weighted by molar-refractivity contribution is -0.0185. The van der Waals surface area contributed by atoms with Crippen molar-refractivity contribution in [2.45, 2.75) is 56.7 Å². The van der Waals surface area contributed by atoms with Crippen LogP contribution in [0.25, 0.3) is 10.8 Å². The average molecular weight is 593 g/mol. The summed E-state index contributed by atoms with van der Waals surface area (Å²) in [6, 6.07) is 3.83. The molecule has 2 saturated heterocycles. The van der Waals surface area contributed by atoms with Gasteiger partial charge >= 0.3 is 0 Å². The predicted octanol–water partition coefficient (Wildman–Crippen LogP) is 0.600. The number of nitrogens with zero attached hydrogens (tertiary/aromatic N) is 6. The fourth-order valence-corrected chi connectivity index (χ4v) is 6.96. The standard InChI is InChI=1S/C27H39B3FN7O3S/c1-15(2)19-10-34-25(38-12-17(16(38)3)14-42(4,39)40)20-11-33-24(9-18(19)20)35-23-5-7-32-26(36-23)37-8-6-22(21(31)13-37)41-27(28,29)30/h5,7,9-11,15-17,21-22H,6,8,12-14,28-30H2,1-4H3,(H,32,33,35,36)/t16-,17-,21+,22-/m1/s1. The molecular formula is C27H39B3FN7O3S. The lowest BCUT2D eigenvalue weighted by atomic mass is 9.52. The normalized spacial score (nSPS) is 23.3. The molecule has 3 aromatic rings. The SMILES string of the molecule is BC(B)(B)O[C@@H]1CCN(c2nccc(Nc3cc4c(C(C)C)cnc(N5C[C@H](CS(C)(=O)=O)[C@H]5C)c4cn3)n2)C[C@@H]1F. The molecule has 5 heterocycles. The molecule has 2 aliphatic rings. The Morgan fingerprint density at radius 2 is 1.90 bits per heavy atom. The van der Waals surface area contributed by atoms with Crippen LogP contribution in [-0.2, 0) is 14.6 Å². The van der Waals surface area contributed by atoms with E-state index in [-0.39, 0.29) is 30.2 Å². The summed E-state index contributed by atoms with van der Waals surface area (Å²) in [6.07, 6.45) is 5.66. The largest absolute Gasteiger partial charge is 0.394 e. The molecule has 0 aromatic carbocycles. The van der Waals surface area contributed by atoms with Gasteiger partial charge in [0.1, 0.15) is 57.0 Å². The molecule has 222 valence electrons. The van der Waals surface area contributed by atoms with E-state index in [9.17, 15) is 12.8 Å². The van der Waals surface area contributed by atoms with E-state index in [4.69, 9.17) is 9.72 Å². The summed E-state index contributed by atoms with van der Waals surface area (Å²) in [5.41, 5.74) is 1.10. The summed E-state index contributed by atoms with van der Waals surface area (Å²) in [7, 11) is 2.77. The van der Waals surface area contributed by atoms with E-state index < -0.39 is 27.4 Å². The molecule has 3 aromatic heterocycles. The van der Waals surface area contributed by atoms with Gasteiger partial charge in [0.05, 0.1) is 18.4 Å². The van der Waals surface area contributed by atoms with Gasteiger partial charge in [-0.2, -0.15) is 4.98 Å². The Balaban J connectivity index is 1.35. The lowest BCUT2D eigenvalue weighted by Gasteiger charge is -2.47. The number of fused-ring (bicyclic) bond motifs is 1. The highest BCUT2D eigenvalue weighted by Gasteiger charge is 2.39. The molecule has 0 spiro atoms. The highest BCUT2D eigenvalue weighted by atomic mass is 32.2. The number of rotatable bonds is 9.